The number of benzene rings is 2. The maximum atomic E-state index is 11.8. The summed E-state index contributed by atoms with van der Waals surface area (Å²) in [4.78, 5) is 11.8. The quantitative estimate of drug-likeness (QED) is 0.646. The molecule has 0 atom stereocenters. The monoisotopic (exact) mass is 340 g/mol. The van der Waals surface area contributed by atoms with E-state index >= 15 is 0 Å². The summed E-state index contributed by atoms with van der Waals surface area (Å²) in [6, 6.07) is 12.6. The van der Waals surface area contributed by atoms with Gasteiger partial charge >= 0.3 is 0 Å². The van der Waals surface area contributed by atoms with Gasteiger partial charge in [-0.05, 0) is 47.2 Å². The van der Waals surface area contributed by atoms with Crippen molar-refractivity contribution in [2.45, 2.75) is 33.1 Å². The fraction of sp³-hybridized carbons (Fsp3) is 0.300. The number of aromatic hydroxyl groups is 1. The molecule has 0 aliphatic carbocycles. The van der Waals surface area contributed by atoms with Crippen LogP contribution in [0.2, 0.25) is 0 Å². The number of phenolic OH excluding ortho intramolecular Hbond substituents is 1. The van der Waals surface area contributed by atoms with Crippen molar-refractivity contribution in [3.63, 3.8) is 0 Å². The molecule has 0 heterocycles. The predicted molar refractivity (Wildman–Crippen MR) is 99.2 cm³/mol. The van der Waals surface area contributed by atoms with Crippen molar-refractivity contribution in [2.24, 2.45) is 5.10 Å². The van der Waals surface area contributed by atoms with Crippen LogP contribution in [0.4, 0.5) is 0 Å². The van der Waals surface area contributed by atoms with Gasteiger partial charge in [-0.15, -0.1) is 0 Å². The van der Waals surface area contributed by atoms with E-state index in [0.29, 0.717) is 11.3 Å². The third-order valence-corrected chi connectivity index (χ3v) is 3.67. The first-order valence-corrected chi connectivity index (χ1v) is 8.10. The smallest absolute Gasteiger partial charge is 0.277 e. The summed E-state index contributed by atoms with van der Waals surface area (Å²) in [5, 5.41) is 13.2. The molecule has 1 amide bonds. The highest BCUT2D eigenvalue weighted by Crippen LogP contribution is 2.27. The van der Waals surface area contributed by atoms with Gasteiger partial charge in [-0.1, -0.05) is 45.0 Å². The lowest BCUT2D eigenvalue weighted by molar-refractivity contribution is -0.123. The second kappa shape index (κ2) is 7.83. The fourth-order valence-corrected chi connectivity index (χ4v) is 2.24. The predicted octanol–water partition coefficient (Wildman–Crippen LogP) is 3.53. The van der Waals surface area contributed by atoms with Crippen LogP contribution in [0.25, 0.3) is 0 Å². The minimum atomic E-state index is -0.351. The van der Waals surface area contributed by atoms with Gasteiger partial charge in [-0.25, -0.2) is 5.43 Å². The summed E-state index contributed by atoms with van der Waals surface area (Å²) in [6.45, 7) is 8.30. The molecule has 0 aliphatic rings. The lowest BCUT2D eigenvalue weighted by Crippen LogP contribution is -2.24. The molecular weight excluding hydrogens is 316 g/mol. The van der Waals surface area contributed by atoms with Gasteiger partial charge in [0.05, 0.1) is 6.21 Å². The Bertz CT molecular complexity index is 777. The molecule has 0 aliphatic heterocycles. The number of rotatable bonds is 5. The Morgan fingerprint density at radius 2 is 2.00 bits per heavy atom. The number of hydrogen-bond acceptors (Lipinski definition) is 4. The minimum Gasteiger partial charge on any atom is -0.508 e. The molecule has 2 N–H and O–H groups in total. The first-order chi connectivity index (χ1) is 11.8. The van der Waals surface area contributed by atoms with Crippen molar-refractivity contribution >= 4 is 12.1 Å². The molecule has 0 unspecified atom stereocenters. The van der Waals surface area contributed by atoms with Crippen LogP contribution >= 0.6 is 0 Å². The molecule has 2 rings (SSSR count). The highest BCUT2D eigenvalue weighted by atomic mass is 16.5. The first-order valence-electron chi connectivity index (χ1n) is 8.10. The van der Waals surface area contributed by atoms with Crippen molar-refractivity contribution in [1.82, 2.24) is 5.43 Å². The lowest BCUT2D eigenvalue weighted by atomic mass is 9.86. The highest BCUT2D eigenvalue weighted by Gasteiger charge is 2.15. The zero-order valence-electron chi connectivity index (χ0n) is 15.0. The third kappa shape index (κ3) is 5.64. The average Bonchev–Trinajstić information content (AvgIpc) is 2.53. The molecule has 5 heteroatoms. The van der Waals surface area contributed by atoms with Gasteiger partial charge in [0.2, 0.25) is 0 Å². The summed E-state index contributed by atoms with van der Waals surface area (Å²) < 4.78 is 5.56. The van der Waals surface area contributed by atoms with E-state index in [9.17, 15) is 9.90 Å². The Hall–Kier alpha value is -2.82. The number of hydrazone groups is 1. The van der Waals surface area contributed by atoms with E-state index < -0.39 is 0 Å². The molecule has 132 valence electrons. The molecule has 2 aromatic carbocycles. The Morgan fingerprint density at radius 3 is 2.64 bits per heavy atom. The zero-order valence-corrected chi connectivity index (χ0v) is 15.0. The average molecular weight is 340 g/mol. The Labute approximate surface area is 148 Å². The van der Waals surface area contributed by atoms with E-state index in [0.717, 1.165) is 5.56 Å². The normalized spacial score (nSPS) is 11.5. The van der Waals surface area contributed by atoms with Crippen LogP contribution in [0.5, 0.6) is 11.5 Å². The van der Waals surface area contributed by atoms with Crippen molar-refractivity contribution < 1.29 is 14.6 Å². The van der Waals surface area contributed by atoms with E-state index in [-0.39, 0.29) is 23.7 Å². The number of carbonyl (C=O) groups is 1. The lowest BCUT2D eigenvalue weighted by Gasteiger charge is -2.20. The van der Waals surface area contributed by atoms with Crippen molar-refractivity contribution in [3.05, 3.63) is 59.2 Å². The summed E-state index contributed by atoms with van der Waals surface area (Å²) in [5.74, 6) is 0.476. The minimum absolute atomic E-state index is 0.0707. The zero-order chi connectivity index (χ0) is 18.4. The van der Waals surface area contributed by atoms with Crippen LogP contribution in [0.3, 0.4) is 0 Å². The summed E-state index contributed by atoms with van der Waals surface area (Å²) in [5.41, 5.74) is 5.37. The standard InChI is InChI=1S/C20H24N2O3/c1-14-10-16(20(2,3)4)8-9-18(14)25-13-19(24)22-21-12-15-6-5-7-17(23)11-15/h5-12,23H,13H2,1-4H3,(H,22,24)/b21-12-. The number of aryl methyl sites for hydroxylation is 1. The Kier molecular flexibility index (Phi) is 5.80. The van der Waals surface area contributed by atoms with E-state index in [1.807, 2.05) is 19.1 Å². The number of nitrogens with one attached hydrogen (secondary N) is 1. The number of amides is 1. The van der Waals surface area contributed by atoms with Crippen LogP contribution in [0.1, 0.15) is 37.5 Å². The molecule has 0 saturated carbocycles. The molecule has 0 saturated heterocycles. The molecule has 0 bridgehead atoms. The molecule has 2 aromatic rings. The molecule has 0 radical (unpaired) electrons. The third-order valence-electron chi connectivity index (χ3n) is 3.67. The maximum Gasteiger partial charge on any atom is 0.277 e. The topological polar surface area (TPSA) is 70.9 Å². The molecule has 5 nitrogen and oxygen atoms in total. The van der Waals surface area contributed by atoms with Gasteiger partial charge in [0.25, 0.3) is 5.91 Å². The van der Waals surface area contributed by atoms with E-state index in [2.05, 4.69) is 37.4 Å². The molecule has 0 aromatic heterocycles. The van der Waals surface area contributed by atoms with E-state index in [1.165, 1.54) is 11.8 Å². The summed E-state index contributed by atoms with van der Waals surface area (Å²) >= 11 is 0. The van der Waals surface area contributed by atoms with Crippen molar-refractivity contribution in [1.29, 1.82) is 0 Å². The van der Waals surface area contributed by atoms with Gasteiger partial charge in [0.15, 0.2) is 6.61 Å². The van der Waals surface area contributed by atoms with Crippen molar-refractivity contribution in [2.75, 3.05) is 6.61 Å². The second-order valence-electron chi connectivity index (χ2n) is 6.91. The molecule has 25 heavy (non-hydrogen) atoms. The van der Waals surface area contributed by atoms with Crippen LogP contribution in [-0.2, 0) is 10.2 Å². The van der Waals surface area contributed by atoms with E-state index in [1.54, 1.807) is 24.3 Å². The second-order valence-corrected chi connectivity index (χ2v) is 6.91. The van der Waals surface area contributed by atoms with Gasteiger partial charge in [-0.3, -0.25) is 4.79 Å². The van der Waals surface area contributed by atoms with Gasteiger partial charge < -0.3 is 9.84 Å². The molecular formula is C20H24N2O3. The van der Waals surface area contributed by atoms with Gasteiger partial charge in [0, 0.05) is 0 Å². The van der Waals surface area contributed by atoms with Crippen LogP contribution in [0, 0.1) is 6.92 Å². The molecule has 0 fully saturated rings. The molecule has 0 spiro atoms. The number of carbonyl (C=O) groups excluding carboxylic acids is 1. The summed E-state index contributed by atoms with van der Waals surface area (Å²) in [7, 11) is 0. The van der Waals surface area contributed by atoms with Crippen LogP contribution in [0.15, 0.2) is 47.6 Å². The maximum absolute atomic E-state index is 11.8. The highest BCUT2D eigenvalue weighted by molar-refractivity contribution is 5.83. The van der Waals surface area contributed by atoms with Crippen molar-refractivity contribution in [3.8, 4) is 11.5 Å². The fourth-order valence-electron chi connectivity index (χ4n) is 2.24. The summed E-state index contributed by atoms with van der Waals surface area (Å²) in [6.07, 6.45) is 1.46. The Morgan fingerprint density at radius 1 is 1.24 bits per heavy atom. The van der Waals surface area contributed by atoms with Gasteiger partial charge in [-0.2, -0.15) is 5.10 Å². The number of phenols is 1. The number of hydrogen-bond donors (Lipinski definition) is 2. The largest absolute Gasteiger partial charge is 0.508 e. The number of nitrogens with zero attached hydrogens (tertiary/aromatic N) is 1. The SMILES string of the molecule is Cc1cc(C(C)(C)C)ccc1OCC(=O)N/N=C\c1cccc(O)c1. The van der Waals surface area contributed by atoms with E-state index in [4.69, 9.17) is 4.74 Å². The van der Waals surface area contributed by atoms with Gasteiger partial charge in [0.1, 0.15) is 11.5 Å². The van der Waals surface area contributed by atoms with Crippen LogP contribution in [-0.4, -0.2) is 23.8 Å². The first kappa shape index (κ1) is 18.5. The van der Waals surface area contributed by atoms with Crippen LogP contribution < -0.4 is 10.2 Å². The number of ether oxygens (including phenoxy) is 1. The Balaban J connectivity index is 1.88.